The lowest BCUT2D eigenvalue weighted by atomic mass is 9.79. The van der Waals surface area contributed by atoms with Gasteiger partial charge in [0, 0.05) is 5.92 Å². The van der Waals surface area contributed by atoms with Crippen LogP contribution in [0, 0.1) is 11.8 Å². The van der Waals surface area contributed by atoms with Crippen LogP contribution in [0.4, 0.5) is 0 Å². The fourth-order valence-electron chi connectivity index (χ4n) is 4.09. The SMILES string of the molecule is O=CC(CC(S(=O)(=O)c1ccccc1)S(=O)(=O)c1ccccc1)C1CCCCC1. The van der Waals surface area contributed by atoms with Crippen LogP contribution in [0.15, 0.2) is 70.5 Å². The summed E-state index contributed by atoms with van der Waals surface area (Å²) < 4.78 is 51.9. The molecule has 0 spiro atoms. The van der Waals surface area contributed by atoms with Crippen LogP contribution < -0.4 is 0 Å². The molecule has 156 valence electrons. The molecule has 3 rings (SSSR count). The Morgan fingerprint density at radius 1 is 0.759 bits per heavy atom. The molecular weight excluding hydrogens is 408 g/mol. The first kappa shape index (κ1) is 21.7. The zero-order valence-corrected chi connectivity index (χ0v) is 17.8. The summed E-state index contributed by atoms with van der Waals surface area (Å²) in [5.41, 5.74) is 0. The molecule has 1 aliphatic carbocycles. The average Bonchev–Trinajstić information content (AvgIpc) is 2.76. The van der Waals surface area contributed by atoms with Gasteiger partial charge in [-0.25, -0.2) is 16.8 Å². The van der Waals surface area contributed by atoms with Crippen LogP contribution in [0.3, 0.4) is 0 Å². The molecule has 0 saturated heterocycles. The first-order valence-corrected chi connectivity index (χ1v) is 13.0. The molecule has 0 radical (unpaired) electrons. The second kappa shape index (κ2) is 9.22. The number of rotatable bonds is 8. The summed E-state index contributed by atoms with van der Waals surface area (Å²) in [4.78, 5) is 11.8. The van der Waals surface area contributed by atoms with E-state index in [-0.39, 0.29) is 22.1 Å². The van der Waals surface area contributed by atoms with Gasteiger partial charge in [0.25, 0.3) is 0 Å². The van der Waals surface area contributed by atoms with Crippen molar-refractivity contribution in [1.29, 1.82) is 0 Å². The zero-order chi connectivity index (χ0) is 20.9. The van der Waals surface area contributed by atoms with Crippen LogP contribution >= 0.6 is 0 Å². The molecule has 2 aromatic rings. The van der Waals surface area contributed by atoms with Gasteiger partial charge in [-0.15, -0.1) is 0 Å². The lowest BCUT2D eigenvalue weighted by molar-refractivity contribution is -0.113. The number of carbonyl (C=O) groups excluding carboxylic acids is 1. The van der Waals surface area contributed by atoms with Crippen molar-refractivity contribution in [1.82, 2.24) is 0 Å². The highest BCUT2D eigenvalue weighted by Gasteiger charge is 2.42. The largest absolute Gasteiger partial charge is 0.303 e. The van der Waals surface area contributed by atoms with Crippen molar-refractivity contribution < 1.29 is 21.6 Å². The maximum atomic E-state index is 13.4. The van der Waals surface area contributed by atoms with Crippen molar-refractivity contribution in [2.24, 2.45) is 11.8 Å². The summed E-state index contributed by atoms with van der Waals surface area (Å²) in [6.45, 7) is 0. The van der Waals surface area contributed by atoms with Gasteiger partial charge in [0.2, 0.25) is 0 Å². The fraction of sp³-hybridized carbons (Fsp3) is 0.409. The standard InChI is InChI=1S/C22H26O5S2/c23-17-19(18-10-4-1-5-11-18)16-22(28(24,25)20-12-6-2-7-13-20)29(26,27)21-14-8-3-9-15-21/h2-3,6-9,12-15,17-19,22H,1,4-5,10-11,16H2. The Morgan fingerprint density at radius 2 is 1.21 bits per heavy atom. The average molecular weight is 435 g/mol. The predicted molar refractivity (Wildman–Crippen MR) is 112 cm³/mol. The molecule has 0 N–H and O–H groups in total. The summed E-state index contributed by atoms with van der Waals surface area (Å²) in [7, 11) is -8.40. The van der Waals surface area contributed by atoms with E-state index in [9.17, 15) is 21.6 Å². The second-order valence-electron chi connectivity index (χ2n) is 7.58. The smallest absolute Gasteiger partial charge is 0.195 e. The van der Waals surface area contributed by atoms with Crippen molar-refractivity contribution in [3.8, 4) is 0 Å². The minimum atomic E-state index is -4.20. The van der Waals surface area contributed by atoms with Crippen LogP contribution in [-0.2, 0) is 24.5 Å². The highest BCUT2D eigenvalue weighted by molar-refractivity contribution is 8.09. The van der Waals surface area contributed by atoms with Gasteiger partial charge in [-0.05, 0) is 49.4 Å². The molecule has 0 aromatic heterocycles. The van der Waals surface area contributed by atoms with Crippen LogP contribution in [0.2, 0.25) is 0 Å². The van der Waals surface area contributed by atoms with Crippen LogP contribution in [-0.4, -0.2) is 27.7 Å². The third kappa shape index (κ3) is 4.78. The first-order chi connectivity index (χ1) is 13.9. The Bertz CT molecular complexity index is 940. The Hall–Kier alpha value is -1.99. The third-order valence-corrected chi connectivity index (χ3v) is 10.9. The number of aldehydes is 1. The van der Waals surface area contributed by atoms with E-state index < -0.39 is 30.2 Å². The molecule has 1 atom stereocenters. The first-order valence-electron chi connectivity index (χ1n) is 9.90. The van der Waals surface area contributed by atoms with Gasteiger partial charge < -0.3 is 4.79 Å². The minimum Gasteiger partial charge on any atom is -0.303 e. The highest BCUT2D eigenvalue weighted by Crippen LogP contribution is 2.36. The minimum absolute atomic E-state index is 0.0284. The maximum absolute atomic E-state index is 13.4. The number of benzene rings is 2. The lowest BCUT2D eigenvalue weighted by Gasteiger charge is -2.29. The lowest BCUT2D eigenvalue weighted by Crippen LogP contribution is -2.35. The van der Waals surface area contributed by atoms with Gasteiger partial charge >= 0.3 is 0 Å². The van der Waals surface area contributed by atoms with Gasteiger partial charge in [-0.2, -0.15) is 0 Å². The fourth-order valence-corrected chi connectivity index (χ4v) is 8.72. The van der Waals surface area contributed by atoms with Gasteiger partial charge in [-0.3, -0.25) is 0 Å². The van der Waals surface area contributed by atoms with Crippen LogP contribution in [0.25, 0.3) is 0 Å². The molecule has 0 amide bonds. The number of hydrogen-bond acceptors (Lipinski definition) is 5. The van der Waals surface area contributed by atoms with Crippen molar-refractivity contribution in [2.75, 3.05) is 0 Å². The molecule has 0 aliphatic heterocycles. The third-order valence-electron chi connectivity index (χ3n) is 5.73. The monoisotopic (exact) mass is 434 g/mol. The Kier molecular flexibility index (Phi) is 6.90. The maximum Gasteiger partial charge on any atom is 0.195 e. The quantitative estimate of drug-likeness (QED) is 0.585. The Labute approximate surface area is 173 Å². The van der Waals surface area contributed by atoms with E-state index in [1.807, 2.05) is 0 Å². The summed E-state index contributed by atoms with van der Waals surface area (Å²) in [5, 5.41) is 0. The summed E-state index contributed by atoms with van der Waals surface area (Å²) >= 11 is 0. The van der Waals surface area contributed by atoms with Crippen LogP contribution in [0.5, 0.6) is 0 Å². The second-order valence-corrected chi connectivity index (χ2v) is 12.1. The summed E-state index contributed by atoms with van der Waals surface area (Å²) in [6.07, 6.45) is 5.25. The number of sulfone groups is 2. The van der Waals surface area contributed by atoms with E-state index >= 15 is 0 Å². The van der Waals surface area contributed by atoms with E-state index in [0.717, 1.165) is 38.4 Å². The van der Waals surface area contributed by atoms with E-state index in [4.69, 9.17) is 0 Å². The molecule has 7 heteroatoms. The van der Waals surface area contributed by atoms with Crippen molar-refractivity contribution in [2.45, 2.75) is 52.9 Å². The molecule has 1 saturated carbocycles. The topological polar surface area (TPSA) is 85.3 Å². The van der Waals surface area contributed by atoms with E-state index in [1.165, 1.54) is 24.3 Å². The zero-order valence-electron chi connectivity index (χ0n) is 16.2. The van der Waals surface area contributed by atoms with Crippen molar-refractivity contribution >= 4 is 26.0 Å². The molecule has 2 aromatic carbocycles. The van der Waals surface area contributed by atoms with Gasteiger partial charge in [0.15, 0.2) is 24.3 Å². The molecule has 29 heavy (non-hydrogen) atoms. The Morgan fingerprint density at radius 3 is 1.62 bits per heavy atom. The van der Waals surface area contributed by atoms with Gasteiger partial charge in [0.05, 0.1) is 9.79 Å². The number of hydrogen-bond donors (Lipinski definition) is 0. The summed E-state index contributed by atoms with van der Waals surface area (Å²) in [6, 6.07) is 15.2. The highest BCUT2D eigenvalue weighted by atomic mass is 32.3. The number of carbonyl (C=O) groups is 1. The summed E-state index contributed by atoms with van der Waals surface area (Å²) in [5.74, 6) is -0.571. The van der Waals surface area contributed by atoms with E-state index in [2.05, 4.69) is 0 Å². The van der Waals surface area contributed by atoms with E-state index in [0.29, 0.717) is 0 Å². The molecule has 0 bridgehead atoms. The molecule has 5 nitrogen and oxygen atoms in total. The van der Waals surface area contributed by atoms with E-state index in [1.54, 1.807) is 36.4 Å². The molecule has 1 aliphatic rings. The van der Waals surface area contributed by atoms with Crippen LogP contribution in [0.1, 0.15) is 38.5 Å². The van der Waals surface area contributed by atoms with Gasteiger partial charge in [0.1, 0.15) is 6.29 Å². The Balaban J connectivity index is 2.05. The van der Waals surface area contributed by atoms with Crippen molar-refractivity contribution in [3.63, 3.8) is 0 Å². The van der Waals surface area contributed by atoms with Crippen molar-refractivity contribution in [3.05, 3.63) is 60.7 Å². The molecule has 0 heterocycles. The normalized spacial score (nSPS) is 17.1. The molecule has 1 unspecified atom stereocenters. The molecule has 1 fully saturated rings. The predicted octanol–water partition coefficient (Wildman–Crippen LogP) is 4.05. The molecular formula is C22H26O5S2. The van der Waals surface area contributed by atoms with Gasteiger partial charge in [-0.1, -0.05) is 55.7 Å².